The van der Waals surface area contributed by atoms with Crippen molar-refractivity contribution in [3.63, 3.8) is 0 Å². The molecule has 0 bridgehead atoms. The number of rotatable bonds is 10. The largest absolute Gasteiger partial charge is 0.456 e. The molecule has 0 aromatic carbocycles. The first-order valence-electron chi connectivity index (χ1n) is 12.2. The molecule has 0 aliphatic carbocycles. The van der Waals surface area contributed by atoms with Crippen molar-refractivity contribution in [2.45, 2.75) is 32.2 Å². The first-order valence-corrected chi connectivity index (χ1v) is 15.5. The number of thiazole rings is 1. The van der Waals surface area contributed by atoms with Gasteiger partial charge in [-0.3, -0.25) is 19.3 Å². The molecular formula is C24H26ClN5O9S3. The van der Waals surface area contributed by atoms with Crippen LogP contribution < -0.4 is 11.1 Å². The summed E-state index contributed by atoms with van der Waals surface area (Å²) >= 11 is 9.62. The molecule has 1 saturated heterocycles. The van der Waals surface area contributed by atoms with E-state index in [9.17, 15) is 24.0 Å². The Morgan fingerprint density at radius 1 is 1.31 bits per heavy atom. The highest BCUT2D eigenvalue weighted by Crippen LogP contribution is 2.42. The summed E-state index contributed by atoms with van der Waals surface area (Å²) in [5, 5.41) is 7.40. The molecule has 1 aromatic rings. The number of halogens is 1. The standard InChI is InChI=1S/C24H26ClN5O9S3/c1-24(2,3)22(35)39-9-38-21(34)16-10(6-40-12-5-37-20(33)13(12)25)7-41-19-15(18(32)30(16)19)28-17(31)14(29-36-4)11-8-42-23(26)27-11/h8,15,19H,5-7,9H2,1-4H3,(H2,26,27)(H,28,31)/t15-,19+/m1/s1. The molecule has 0 saturated carbocycles. The van der Waals surface area contributed by atoms with Crippen LogP contribution in [0.1, 0.15) is 26.5 Å². The number of nitrogens with two attached hydrogens (primary N) is 1. The molecule has 1 aromatic heterocycles. The van der Waals surface area contributed by atoms with Crippen molar-refractivity contribution in [2.24, 2.45) is 10.6 Å². The predicted octanol–water partition coefficient (Wildman–Crippen LogP) is 1.56. The topological polar surface area (TPSA) is 189 Å². The minimum absolute atomic E-state index is 0.000658. The van der Waals surface area contributed by atoms with Crippen LogP contribution in [0.25, 0.3) is 0 Å². The number of oxime groups is 1. The molecule has 2 amide bonds. The molecule has 0 spiro atoms. The molecule has 226 valence electrons. The summed E-state index contributed by atoms with van der Waals surface area (Å²) in [5.41, 5.74) is 5.32. The quantitative estimate of drug-likeness (QED) is 0.121. The third-order valence-electron chi connectivity index (χ3n) is 5.86. The summed E-state index contributed by atoms with van der Waals surface area (Å²) in [5.74, 6) is -2.95. The monoisotopic (exact) mass is 659 g/mol. The fourth-order valence-electron chi connectivity index (χ4n) is 3.76. The Morgan fingerprint density at radius 2 is 2.05 bits per heavy atom. The minimum atomic E-state index is -1.01. The number of amides is 2. The number of esters is 3. The number of hydrogen-bond acceptors (Lipinski definition) is 15. The highest BCUT2D eigenvalue weighted by molar-refractivity contribution is 8.03. The number of nitrogen functional groups attached to an aromatic ring is 1. The summed E-state index contributed by atoms with van der Waals surface area (Å²) in [6.45, 7) is 4.28. The molecule has 4 rings (SSSR count). The van der Waals surface area contributed by atoms with Gasteiger partial charge < -0.3 is 30.1 Å². The molecule has 0 radical (unpaired) electrons. The Labute approximate surface area is 257 Å². The van der Waals surface area contributed by atoms with Gasteiger partial charge in [-0.15, -0.1) is 34.9 Å². The Morgan fingerprint density at radius 3 is 2.64 bits per heavy atom. The summed E-state index contributed by atoms with van der Waals surface area (Å²) in [4.78, 5) is 73.9. The van der Waals surface area contributed by atoms with Crippen LogP contribution in [0.2, 0.25) is 0 Å². The van der Waals surface area contributed by atoms with Gasteiger partial charge in [0, 0.05) is 21.8 Å². The van der Waals surface area contributed by atoms with Crippen molar-refractivity contribution >= 4 is 87.0 Å². The van der Waals surface area contributed by atoms with Crippen molar-refractivity contribution in [1.82, 2.24) is 15.2 Å². The SMILES string of the molecule is CON=C(C(=O)N[C@@H]1C(=O)N2C(C(=O)OCOC(=O)C(C)(C)C)=C(CSC3=C(Cl)C(=O)OC3)CS[C@@H]12)c1csc(N)n1. The van der Waals surface area contributed by atoms with Crippen molar-refractivity contribution in [2.75, 3.05) is 37.7 Å². The molecule has 2 atom stereocenters. The van der Waals surface area contributed by atoms with E-state index in [1.165, 1.54) is 40.9 Å². The number of anilines is 1. The number of aromatic nitrogens is 1. The van der Waals surface area contributed by atoms with Crippen molar-refractivity contribution in [3.05, 3.63) is 32.3 Å². The van der Waals surface area contributed by atoms with Crippen LogP contribution >= 0.6 is 46.5 Å². The Kier molecular flexibility index (Phi) is 9.74. The molecule has 1 fully saturated rings. The summed E-state index contributed by atoms with van der Waals surface area (Å²) in [7, 11) is 1.26. The van der Waals surface area contributed by atoms with Gasteiger partial charge in [0.05, 0.1) is 5.41 Å². The minimum Gasteiger partial charge on any atom is -0.456 e. The molecule has 18 heteroatoms. The van der Waals surface area contributed by atoms with Gasteiger partial charge in [-0.2, -0.15) is 0 Å². The maximum Gasteiger partial charge on any atom is 0.357 e. The van der Waals surface area contributed by atoms with Crippen molar-refractivity contribution in [3.8, 4) is 0 Å². The third kappa shape index (κ3) is 6.68. The van der Waals surface area contributed by atoms with Crippen LogP contribution in [0.4, 0.5) is 5.13 Å². The molecule has 42 heavy (non-hydrogen) atoms. The molecule has 0 unspecified atom stereocenters. The molecule has 14 nitrogen and oxygen atoms in total. The van der Waals surface area contributed by atoms with E-state index in [1.807, 2.05) is 0 Å². The maximum absolute atomic E-state index is 13.3. The van der Waals surface area contributed by atoms with E-state index < -0.39 is 53.3 Å². The van der Waals surface area contributed by atoms with Gasteiger partial charge >= 0.3 is 17.9 Å². The number of fused-ring (bicyclic) bond motifs is 1. The van der Waals surface area contributed by atoms with Crippen LogP contribution in [0.5, 0.6) is 0 Å². The smallest absolute Gasteiger partial charge is 0.357 e. The molecule has 3 N–H and O–H groups in total. The summed E-state index contributed by atoms with van der Waals surface area (Å²) in [6.07, 6.45) is 0. The zero-order valence-corrected chi connectivity index (χ0v) is 26.0. The Bertz CT molecular complexity index is 1420. The summed E-state index contributed by atoms with van der Waals surface area (Å²) in [6, 6.07) is -1.01. The summed E-state index contributed by atoms with van der Waals surface area (Å²) < 4.78 is 15.2. The second kappa shape index (κ2) is 12.9. The van der Waals surface area contributed by atoms with Gasteiger partial charge in [0.1, 0.15) is 41.6 Å². The van der Waals surface area contributed by atoms with E-state index in [4.69, 9.17) is 36.4 Å². The number of ether oxygens (including phenoxy) is 3. The van der Waals surface area contributed by atoms with E-state index in [2.05, 4.69) is 15.5 Å². The number of β-lactam (4-membered cyclic amide) rings is 1. The van der Waals surface area contributed by atoms with Gasteiger partial charge in [-0.1, -0.05) is 16.8 Å². The van der Waals surface area contributed by atoms with E-state index in [1.54, 1.807) is 20.8 Å². The lowest BCUT2D eigenvalue weighted by molar-refractivity contribution is -0.173. The Hall–Kier alpha value is -3.28. The number of nitrogens with zero attached hydrogens (tertiary/aromatic N) is 3. The number of hydrogen-bond donors (Lipinski definition) is 2. The number of thioether (sulfide) groups is 2. The lowest BCUT2D eigenvalue weighted by Gasteiger charge is -2.49. The first-order chi connectivity index (χ1) is 19.8. The van der Waals surface area contributed by atoms with Crippen LogP contribution in [-0.2, 0) is 43.0 Å². The lowest BCUT2D eigenvalue weighted by Crippen LogP contribution is -2.71. The van der Waals surface area contributed by atoms with Crippen LogP contribution in [-0.4, -0.2) is 88.7 Å². The van der Waals surface area contributed by atoms with Crippen LogP contribution in [0, 0.1) is 5.41 Å². The van der Waals surface area contributed by atoms with Crippen molar-refractivity contribution in [1.29, 1.82) is 0 Å². The lowest BCUT2D eigenvalue weighted by atomic mass is 9.98. The fourth-order valence-corrected chi connectivity index (χ4v) is 6.99. The normalized spacial score (nSPS) is 20.6. The van der Waals surface area contributed by atoms with Crippen LogP contribution in [0.15, 0.2) is 31.7 Å². The average Bonchev–Trinajstić information content (AvgIpc) is 3.51. The first kappa shape index (κ1) is 31.7. The van der Waals surface area contributed by atoms with Crippen LogP contribution in [0.3, 0.4) is 0 Å². The molecular weight excluding hydrogens is 634 g/mol. The second-order valence-corrected chi connectivity index (χ2v) is 13.3. The van der Waals surface area contributed by atoms with E-state index in [0.717, 1.165) is 11.3 Å². The number of cyclic esters (lactones) is 1. The number of carbonyl (C=O) groups is 5. The zero-order valence-electron chi connectivity index (χ0n) is 22.8. The number of carbonyl (C=O) groups excluding carboxylic acids is 5. The van der Waals surface area contributed by atoms with Gasteiger partial charge in [-0.25, -0.2) is 14.6 Å². The van der Waals surface area contributed by atoms with Gasteiger partial charge in [0.2, 0.25) is 6.79 Å². The molecule has 3 aliphatic rings. The highest BCUT2D eigenvalue weighted by atomic mass is 35.5. The van der Waals surface area contributed by atoms with E-state index in [-0.39, 0.29) is 45.4 Å². The van der Waals surface area contributed by atoms with E-state index in [0.29, 0.717) is 10.5 Å². The van der Waals surface area contributed by atoms with Gasteiger partial charge in [-0.05, 0) is 26.3 Å². The average molecular weight is 660 g/mol. The van der Waals surface area contributed by atoms with E-state index >= 15 is 0 Å². The fraction of sp³-hybridized carbons (Fsp3) is 0.458. The van der Waals surface area contributed by atoms with Crippen molar-refractivity contribution < 1.29 is 43.0 Å². The number of nitrogens with one attached hydrogen (secondary N) is 1. The highest BCUT2D eigenvalue weighted by Gasteiger charge is 2.54. The van der Waals surface area contributed by atoms with Gasteiger partial charge in [0.15, 0.2) is 10.8 Å². The molecule has 3 aliphatic heterocycles. The van der Waals surface area contributed by atoms with Gasteiger partial charge in [0.25, 0.3) is 11.8 Å². The zero-order chi connectivity index (χ0) is 30.8. The molecule has 4 heterocycles. The second-order valence-electron chi connectivity index (χ2n) is 9.84. The third-order valence-corrected chi connectivity index (χ3v) is 9.53. The maximum atomic E-state index is 13.3. The predicted molar refractivity (Wildman–Crippen MR) is 155 cm³/mol. The Balaban J connectivity index is 1.52.